The lowest BCUT2D eigenvalue weighted by Gasteiger charge is -2.30. The van der Waals surface area contributed by atoms with Crippen LogP contribution in [0.3, 0.4) is 0 Å². The Balaban J connectivity index is 1.93. The van der Waals surface area contributed by atoms with E-state index in [2.05, 4.69) is 0 Å². The van der Waals surface area contributed by atoms with Crippen LogP contribution >= 0.6 is 46.4 Å². The summed E-state index contributed by atoms with van der Waals surface area (Å²) in [6.07, 6.45) is 0.294. The van der Waals surface area contributed by atoms with Gasteiger partial charge in [0.25, 0.3) is 11.8 Å². The molecule has 152 valence electrons. The lowest BCUT2D eigenvalue weighted by atomic mass is 10.1. The molecule has 0 aliphatic carbocycles. The lowest BCUT2D eigenvalue weighted by Crippen LogP contribution is -2.51. The summed E-state index contributed by atoms with van der Waals surface area (Å²) in [6, 6.07) is -1.73. The van der Waals surface area contributed by atoms with E-state index in [4.69, 9.17) is 46.4 Å². The van der Waals surface area contributed by atoms with Gasteiger partial charge in [-0.15, -0.1) is 0 Å². The van der Waals surface area contributed by atoms with Gasteiger partial charge in [-0.2, -0.15) is 0 Å². The Labute approximate surface area is 181 Å². The smallest absolute Gasteiger partial charge is 0.263 e. The monoisotopic (exact) mass is 486 g/mol. The molecule has 1 aromatic carbocycles. The number of benzene rings is 1. The van der Waals surface area contributed by atoms with Crippen LogP contribution < -0.4 is 0 Å². The number of amides is 3. The first-order valence-electron chi connectivity index (χ1n) is 8.10. The second-order valence-corrected chi connectivity index (χ2v) is 10.4. The Kier molecular flexibility index (Phi) is 5.66. The van der Waals surface area contributed by atoms with Gasteiger partial charge in [-0.05, 0) is 13.3 Å². The van der Waals surface area contributed by atoms with Gasteiger partial charge in [0.2, 0.25) is 5.91 Å². The van der Waals surface area contributed by atoms with Gasteiger partial charge in [-0.3, -0.25) is 19.3 Å². The van der Waals surface area contributed by atoms with Crippen molar-refractivity contribution in [2.45, 2.75) is 25.4 Å². The fourth-order valence-corrected chi connectivity index (χ4v) is 6.17. The first kappa shape index (κ1) is 21.6. The summed E-state index contributed by atoms with van der Waals surface area (Å²) in [5.74, 6) is -2.40. The lowest BCUT2D eigenvalue weighted by molar-refractivity contribution is -0.135. The average Bonchev–Trinajstić information content (AvgIpc) is 3.12. The van der Waals surface area contributed by atoms with Crippen molar-refractivity contribution in [2.24, 2.45) is 0 Å². The second kappa shape index (κ2) is 7.32. The maximum atomic E-state index is 12.8. The molecule has 2 atom stereocenters. The van der Waals surface area contributed by atoms with E-state index < -0.39 is 39.6 Å². The molecule has 0 saturated carbocycles. The highest BCUT2D eigenvalue weighted by molar-refractivity contribution is 7.91. The number of hydrogen-bond donors (Lipinski definition) is 0. The van der Waals surface area contributed by atoms with Gasteiger partial charge < -0.3 is 4.90 Å². The molecular weight excluding hydrogens is 474 g/mol. The number of rotatable bonds is 3. The van der Waals surface area contributed by atoms with Crippen LogP contribution in [-0.4, -0.2) is 66.6 Å². The van der Waals surface area contributed by atoms with Gasteiger partial charge >= 0.3 is 0 Å². The summed E-state index contributed by atoms with van der Waals surface area (Å²) in [7, 11) is -1.77. The van der Waals surface area contributed by atoms with Gasteiger partial charge in [0.15, 0.2) is 9.84 Å². The predicted molar refractivity (Wildman–Crippen MR) is 106 cm³/mol. The molecule has 2 aliphatic rings. The average molecular weight is 488 g/mol. The Morgan fingerprint density at radius 3 is 1.89 bits per heavy atom. The first-order chi connectivity index (χ1) is 12.9. The second-order valence-electron chi connectivity index (χ2n) is 6.67. The molecule has 0 spiro atoms. The summed E-state index contributed by atoms with van der Waals surface area (Å²) in [4.78, 5) is 40.5. The van der Waals surface area contributed by atoms with Crippen molar-refractivity contribution in [3.05, 3.63) is 31.2 Å². The molecule has 1 saturated heterocycles. The molecule has 12 heteroatoms. The molecule has 2 aliphatic heterocycles. The van der Waals surface area contributed by atoms with Crippen LogP contribution in [0.2, 0.25) is 20.1 Å². The van der Waals surface area contributed by atoms with E-state index >= 15 is 0 Å². The molecule has 1 aromatic rings. The van der Waals surface area contributed by atoms with Crippen molar-refractivity contribution in [2.75, 3.05) is 18.6 Å². The Bertz CT molecular complexity index is 980. The van der Waals surface area contributed by atoms with E-state index in [0.717, 1.165) is 4.90 Å². The quantitative estimate of drug-likeness (QED) is 0.371. The third kappa shape index (κ3) is 3.29. The van der Waals surface area contributed by atoms with Crippen molar-refractivity contribution in [1.29, 1.82) is 0 Å². The summed E-state index contributed by atoms with van der Waals surface area (Å²) in [5.41, 5.74) is -0.423. The summed E-state index contributed by atoms with van der Waals surface area (Å²) in [5, 5.41) is -0.770. The predicted octanol–water partition coefficient (Wildman–Crippen LogP) is 2.93. The summed E-state index contributed by atoms with van der Waals surface area (Å²) in [6.45, 7) is 1.37. The van der Waals surface area contributed by atoms with Crippen molar-refractivity contribution in [3.63, 3.8) is 0 Å². The molecule has 2 heterocycles. The van der Waals surface area contributed by atoms with Crippen LogP contribution in [0.25, 0.3) is 0 Å². The molecule has 0 N–H and O–H groups in total. The molecule has 2 unspecified atom stereocenters. The third-order valence-corrected chi connectivity index (χ3v) is 8.53. The van der Waals surface area contributed by atoms with Crippen LogP contribution in [0.4, 0.5) is 0 Å². The zero-order valence-electron chi connectivity index (χ0n) is 14.6. The number of halogens is 4. The van der Waals surface area contributed by atoms with Crippen molar-refractivity contribution in [3.8, 4) is 0 Å². The van der Waals surface area contributed by atoms with E-state index in [9.17, 15) is 22.8 Å². The highest BCUT2D eigenvalue weighted by atomic mass is 35.5. The highest BCUT2D eigenvalue weighted by Gasteiger charge is 2.46. The normalized spacial score (nSPS) is 21.8. The highest BCUT2D eigenvalue weighted by Crippen LogP contribution is 2.45. The van der Waals surface area contributed by atoms with E-state index in [-0.39, 0.29) is 42.7 Å². The van der Waals surface area contributed by atoms with Crippen molar-refractivity contribution < 1.29 is 22.8 Å². The number of fused-ring (bicyclic) bond motifs is 1. The molecular formula is C16H14Cl4N2O5S. The minimum Gasteiger partial charge on any atom is -0.340 e. The number of nitrogens with zero attached hydrogens (tertiary/aromatic N) is 2. The fourth-order valence-electron chi connectivity index (χ4n) is 3.38. The van der Waals surface area contributed by atoms with Crippen LogP contribution in [0, 0.1) is 0 Å². The van der Waals surface area contributed by atoms with E-state index in [1.54, 1.807) is 0 Å². The number of sulfone groups is 1. The zero-order chi connectivity index (χ0) is 21.1. The maximum Gasteiger partial charge on any atom is 0.263 e. The number of imide groups is 1. The van der Waals surface area contributed by atoms with Crippen LogP contribution in [0.15, 0.2) is 0 Å². The zero-order valence-corrected chi connectivity index (χ0v) is 18.5. The largest absolute Gasteiger partial charge is 0.340 e. The third-order valence-electron chi connectivity index (χ3n) is 4.98. The van der Waals surface area contributed by atoms with Crippen molar-refractivity contribution >= 4 is 74.0 Å². The standard InChI is InChI=1S/C16H14Cl4N2O5S/c1-6(14(23)21(2)7-3-4-28(26,27)5-7)22-15(24)8-9(16(22)25)11(18)13(20)12(19)10(8)17/h6-7H,3-5H2,1-2H3. The molecule has 0 radical (unpaired) electrons. The summed E-state index contributed by atoms with van der Waals surface area (Å²) >= 11 is 24.1. The molecule has 7 nitrogen and oxygen atoms in total. The minimum atomic E-state index is -3.21. The molecule has 0 bridgehead atoms. The van der Waals surface area contributed by atoms with Crippen molar-refractivity contribution in [1.82, 2.24) is 9.80 Å². The fraction of sp³-hybridized carbons (Fsp3) is 0.438. The molecule has 28 heavy (non-hydrogen) atoms. The number of carbonyl (C=O) groups is 3. The number of carbonyl (C=O) groups excluding carboxylic acids is 3. The number of likely N-dealkylation sites (N-methyl/N-ethyl adjacent to an activating group) is 1. The Morgan fingerprint density at radius 2 is 1.50 bits per heavy atom. The minimum absolute atomic E-state index is 0.0150. The van der Waals surface area contributed by atoms with Crippen LogP contribution in [0.1, 0.15) is 34.1 Å². The van der Waals surface area contributed by atoms with Gasteiger partial charge in [0.05, 0.1) is 42.7 Å². The summed E-state index contributed by atoms with van der Waals surface area (Å²) < 4.78 is 23.3. The van der Waals surface area contributed by atoms with E-state index in [1.165, 1.54) is 18.9 Å². The van der Waals surface area contributed by atoms with E-state index in [1.807, 2.05) is 0 Å². The maximum absolute atomic E-state index is 12.8. The van der Waals surface area contributed by atoms with Crippen LogP contribution in [-0.2, 0) is 14.6 Å². The Hall–Kier alpha value is -1.06. The SMILES string of the molecule is CC(C(=O)N(C)C1CCS(=O)(=O)C1)N1C(=O)c2c(Cl)c(Cl)c(Cl)c(Cl)c2C1=O. The molecule has 3 amide bonds. The van der Waals surface area contributed by atoms with Crippen LogP contribution in [0.5, 0.6) is 0 Å². The number of hydrogen-bond acceptors (Lipinski definition) is 5. The molecule has 3 rings (SSSR count). The molecule has 1 fully saturated rings. The Morgan fingerprint density at radius 1 is 1.04 bits per heavy atom. The van der Waals surface area contributed by atoms with Gasteiger partial charge in [-0.25, -0.2) is 8.42 Å². The molecule has 0 aromatic heterocycles. The van der Waals surface area contributed by atoms with E-state index in [0.29, 0.717) is 6.42 Å². The van der Waals surface area contributed by atoms with Gasteiger partial charge in [0, 0.05) is 13.1 Å². The van der Waals surface area contributed by atoms with Gasteiger partial charge in [-0.1, -0.05) is 46.4 Å². The topological polar surface area (TPSA) is 91.8 Å². The van der Waals surface area contributed by atoms with Gasteiger partial charge in [0.1, 0.15) is 6.04 Å². The first-order valence-corrected chi connectivity index (χ1v) is 11.4.